The summed E-state index contributed by atoms with van der Waals surface area (Å²) >= 11 is 1.56. The van der Waals surface area contributed by atoms with E-state index in [9.17, 15) is 13.2 Å². The minimum atomic E-state index is -3.36. The smallest absolute Gasteiger partial charge is 0.218 e. The van der Waals surface area contributed by atoms with E-state index in [0.29, 0.717) is 24.5 Å². The van der Waals surface area contributed by atoms with Crippen molar-refractivity contribution in [2.45, 2.75) is 30.0 Å². The number of hydrogen-bond donors (Lipinski definition) is 2. The van der Waals surface area contributed by atoms with Crippen LogP contribution in [0.15, 0.2) is 46.5 Å². The van der Waals surface area contributed by atoms with E-state index in [0.717, 1.165) is 39.9 Å². The average Bonchev–Trinajstić information content (AvgIpc) is 3.33. The van der Waals surface area contributed by atoms with Crippen molar-refractivity contribution in [2.24, 2.45) is 10.7 Å². The second-order valence-corrected chi connectivity index (χ2v) is 10.6. The molecule has 1 unspecified atom stereocenters. The predicted molar refractivity (Wildman–Crippen MR) is 122 cm³/mol. The first-order valence-corrected chi connectivity index (χ1v) is 12.5. The minimum absolute atomic E-state index is 0.00398. The van der Waals surface area contributed by atoms with Gasteiger partial charge in [-0.2, -0.15) is 0 Å². The van der Waals surface area contributed by atoms with Crippen LogP contribution < -0.4 is 10.5 Å². The van der Waals surface area contributed by atoms with Crippen LogP contribution in [-0.4, -0.2) is 47.4 Å². The Balaban J connectivity index is 1.60. The summed E-state index contributed by atoms with van der Waals surface area (Å²) in [5, 5.41) is 1.93. The largest absolute Gasteiger partial charge is 0.456 e. The van der Waals surface area contributed by atoms with Gasteiger partial charge in [0.25, 0.3) is 0 Å². The number of ether oxygens (including phenoxy) is 1. The molecule has 3 N–H and O–H groups in total. The first kappa shape index (κ1) is 21.4. The van der Waals surface area contributed by atoms with Crippen molar-refractivity contribution in [3.8, 4) is 11.5 Å². The maximum atomic E-state index is 11.6. The fourth-order valence-corrected chi connectivity index (χ4v) is 5.08. The summed E-state index contributed by atoms with van der Waals surface area (Å²) in [6.45, 7) is 2.63. The van der Waals surface area contributed by atoms with Crippen molar-refractivity contribution in [1.29, 1.82) is 0 Å². The molecule has 0 bridgehead atoms. The predicted octanol–water partition coefficient (Wildman–Crippen LogP) is 3.06. The number of aromatic nitrogens is 2. The summed E-state index contributed by atoms with van der Waals surface area (Å²) in [6.07, 6.45) is 3.62. The maximum absolute atomic E-state index is 11.6. The number of primary amides is 1. The number of aliphatic imine (C=N–C) groups is 1. The quantitative estimate of drug-likeness (QED) is 0.560. The van der Waals surface area contributed by atoms with Crippen molar-refractivity contribution in [3.05, 3.63) is 47.8 Å². The molecule has 10 heteroatoms. The van der Waals surface area contributed by atoms with E-state index in [1.54, 1.807) is 17.8 Å². The summed E-state index contributed by atoms with van der Waals surface area (Å²) in [5.41, 5.74) is 8.30. The highest BCUT2D eigenvalue weighted by molar-refractivity contribution is 8.15. The molecular weight excluding hydrogens is 436 g/mol. The number of nitrogens with two attached hydrogens (primary N) is 1. The molecule has 3 heterocycles. The van der Waals surface area contributed by atoms with Gasteiger partial charge in [-0.25, -0.2) is 13.4 Å². The summed E-state index contributed by atoms with van der Waals surface area (Å²) in [4.78, 5) is 23.1. The number of sulfone groups is 1. The molecule has 162 valence electrons. The first-order valence-electron chi connectivity index (χ1n) is 9.72. The highest BCUT2D eigenvalue weighted by Crippen LogP contribution is 2.33. The molecule has 1 aromatic carbocycles. The number of fused-ring (bicyclic) bond motifs is 1. The van der Waals surface area contributed by atoms with Gasteiger partial charge in [-0.05, 0) is 42.3 Å². The lowest BCUT2D eigenvalue weighted by molar-refractivity contribution is -0.117. The van der Waals surface area contributed by atoms with Crippen molar-refractivity contribution >= 4 is 43.5 Å². The lowest BCUT2D eigenvalue weighted by Crippen LogP contribution is -2.18. The van der Waals surface area contributed by atoms with Gasteiger partial charge in [0.2, 0.25) is 5.91 Å². The molecule has 0 fully saturated rings. The highest BCUT2D eigenvalue weighted by atomic mass is 32.2. The molecule has 0 saturated carbocycles. The van der Waals surface area contributed by atoms with Gasteiger partial charge in [0.05, 0.1) is 18.4 Å². The Morgan fingerprint density at radius 3 is 2.74 bits per heavy atom. The third kappa shape index (κ3) is 4.75. The van der Waals surface area contributed by atoms with Gasteiger partial charge in [0.15, 0.2) is 14.9 Å². The number of rotatable bonds is 7. The minimum Gasteiger partial charge on any atom is -0.456 e. The van der Waals surface area contributed by atoms with E-state index in [2.05, 4.69) is 21.9 Å². The van der Waals surface area contributed by atoms with E-state index in [4.69, 9.17) is 10.5 Å². The van der Waals surface area contributed by atoms with E-state index in [-0.39, 0.29) is 16.2 Å². The Kier molecular flexibility index (Phi) is 5.76. The summed E-state index contributed by atoms with van der Waals surface area (Å²) in [5.74, 6) is 0.769. The van der Waals surface area contributed by atoms with Crippen molar-refractivity contribution in [2.75, 3.05) is 12.8 Å². The number of amides is 1. The Labute approximate surface area is 184 Å². The van der Waals surface area contributed by atoms with Gasteiger partial charge >= 0.3 is 0 Å². The molecule has 1 aliphatic rings. The maximum Gasteiger partial charge on any atom is 0.218 e. The third-order valence-electron chi connectivity index (χ3n) is 4.87. The number of aryl methyl sites for hydroxylation is 1. The molecule has 0 saturated heterocycles. The van der Waals surface area contributed by atoms with Crippen LogP contribution >= 0.6 is 11.8 Å². The molecule has 8 nitrogen and oxygen atoms in total. The Morgan fingerprint density at radius 1 is 1.29 bits per heavy atom. The number of carbonyl (C=O) groups is 1. The molecule has 4 rings (SSSR count). The van der Waals surface area contributed by atoms with Crippen LogP contribution in [0.4, 0.5) is 0 Å². The standard InChI is InChI=1S/C21H22N4O4S2/c1-3-12-6-15(29-14-4-5-19(23-10-14)31(2,27)28)7-13-8-17(25-20(12)13)21-24-11-16(30-21)9-18(22)26/h4-8,10,16,25H,3,9,11H2,1-2H3,(H2,22,26). The lowest BCUT2D eigenvalue weighted by atomic mass is 10.1. The second kappa shape index (κ2) is 8.35. The second-order valence-electron chi connectivity index (χ2n) is 7.35. The molecule has 31 heavy (non-hydrogen) atoms. The zero-order valence-electron chi connectivity index (χ0n) is 17.1. The van der Waals surface area contributed by atoms with Crippen LogP contribution in [0, 0.1) is 0 Å². The Bertz CT molecular complexity index is 1280. The highest BCUT2D eigenvalue weighted by Gasteiger charge is 2.24. The molecule has 2 aromatic heterocycles. The van der Waals surface area contributed by atoms with Gasteiger partial charge in [0.1, 0.15) is 16.5 Å². The van der Waals surface area contributed by atoms with Crippen molar-refractivity contribution in [3.63, 3.8) is 0 Å². The van der Waals surface area contributed by atoms with Gasteiger partial charge < -0.3 is 15.5 Å². The molecule has 3 aromatic rings. The third-order valence-corrected chi connectivity index (χ3v) is 7.09. The SMILES string of the molecule is CCc1cc(Oc2ccc(S(C)(=O)=O)nc2)cc2cc(C3=NCC(CC(N)=O)S3)[nH]c12. The van der Waals surface area contributed by atoms with Crippen LogP contribution in [0.3, 0.4) is 0 Å². The van der Waals surface area contributed by atoms with E-state index < -0.39 is 9.84 Å². The normalized spacial score (nSPS) is 16.5. The van der Waals surface area contributed by atoms with Gasteiger partial charge in [-0.3, -0.25) is 9.79 Å². The Morgan fingerprint density at radius 2 is 2.10 bits per heavy atom. The zero-order valence-corrected chi connectivity index (χ0v) is 18.7. The molecule has 0 spiro atoms. The molecule has 0 radical (unpaired) electrons. The number of aromatic amines is 1. The van der Waals surface area contributed by atoms with E-state index >= 15 is 0 Å². The number of nitrogens with zero attached hydrogens (tertiary/aromatic N) is 2. The average molecular weight is 459 g/mol. The fraction of sp³-hybridized carbons (Fsp3) is 0.286. The van der Waals surface area contributed by atoms with Crippen LogP contribution in [0.25, 0.3) is 10.9 Å². The van der Waals surface area contributed by atoms with Gasteiger partial charge in [0, 0.05) is 28.8 Å². The first-order chi connectivity index (χ1) is 14.7. The van der Waals surface area contributed by atoms with Crippen molar-refractivity contribution in [1.82, 2.24) is 9.97 Å². The molecular formula is C21H22N4O4S2. The molecule has 0 aliphatic carbocycles. The zero-order chi connectivity index (χ0) is 22.2. The molecule has 1 aliphatic heterocycles. The van der Waals surface area contributed by atoms with Gasteiger partial charge in [-0.15, -0.1) is 0 Å². The molecule has 1 atom stereocenters. The van der Waals surface area contributed by atoms with E-state index in [1.807, 2.05) is 18.2 Å². The fourth-order valence-electron chi connectivity index (χ4n) is 3.42. The number of carbonyl (C=O) groups excluding carboxylic acids is 1. The topological polar surface area (TPSA) is 128 Å². The summed E-state index contributed by atoms with van der Waals surface area (Å²) in [7, 11) is -3.36. The number of nitrogens with one attached hydrogen (secondary N) is 1. The van der Waals surface area contributed by atoms with Crippen LogP contribution in [0.5, 0.6) is 11.5 Å². The monoisotopic (exact) mass is 458 g/mol. The number of benzene rings is 1. The number of hydrogen-bond acceptors (Lipinski definition) is 7. The number of thioether (sulfide) groups is 1. The van der Waals surface area contributed by atoms with Crippen molar-refractivity contribution < 1.29 is 17.9 Å². The Hall–Kier alpha value is -2.85. The summed E-state index contributed by atoms with van der Waals surface area (Å²) in [6, 6.07) is 8.90. The van der Waals surface area contributed by atoms with E-state index in [1.165, 1.54) is 12.3 Å². The van der Waals surface area contributed by atoms with Gasteiger partial charge in [-0.1, -0.05) is 18.7 Å². The lowest BCUT2D eigenvalue weighted by Gasteiger charge is -2.08. The summed E-state index contributed by atoms with van der Waals surface area (Å²) < 4.78 is 29.1. The molecule has 1 amide bonds. The van der Waals surface area contributed by atoms with Crippen LogP contribution in [-0.2, 0) is 21.1 Å². The van der Waals surface area contributed by atoms with Crippen LogP contribution in [0.2, 0.25) is 0 Å². The van der Waals surface area contributed by atoms with Crippen LogP contribution in [0.1, 0.15) is 24.6 Å². The number of pyridine rings is 1. The number of H-pyrrole nitrogens is 1.